The van der Waals surface area contributed by atoms with E-state index in [9.17, 15) is 13.2 Å². The van der Waals surface area contributed by atoms with Crippen molar-refractivity contribution in [3.63, 3.8) is 0 Å². The van der Waals surface area contributed by atoms with Gasteiger partial charge in [0.25, 0.3) is 0 Å². The molecule has 114 valence electrons. The Labute approximate surface area is 128 Å². The fourth-order valence-electron chi connectivity index (χ4n) is 1.60. The van der Waals surface area contributed by atoms with E-state index in [0.717, 1.165) is 6.07 Å². The Hall–Kier alpha value is -1.65. The van der Waals surface area contributed by atoms with Crippen LogP contribution in [0.3, 0.4) is 0 Å². The summed E-state index contributed by atoms with van der Waals surface area (Å²) >= 11 is 2.90. The monoisotopic (exact) mass is 377 g/mol. The summed E-state index contributed by atoms with van der Waals surface area (Å²) in [6, 6.07) is 2.74. The fourth-order valence-corrected chi connectivity index (χ4v) is 3.61. The molecule has 10 heteroatoms. The quantitative estimate of drug-likeness (QED) is 0.702. The van der Waals surface area contributed by atoms with Crippen molar-refractivity contribution in [3.05, 3.63) is 35.0 Å². The number of halogens is 1. The van der Waals surface area contributed by atoms with E-state index in [4.69, 9.17) is 9.52 Å². The molecule has 2 heterocycles. The van der Waals surface area contributed by atoms with Crippen molar-refractivity contribution >= 4 is 31.9 Å². The van der Waals surface area contributed by atoms with Gasteiger partial charge >= 0.3 is 5.97 Å². The average molecular weight is 378 g/mol. The first-order valence-electron chi connectivity index (χ1n) is 5.90. The van der Waals surface area contributed by atoms with Crippen LogP contribution in [0.4, 0.5) is 0 Å². The van der Waals surface area contributed by atoms with Crippen molar-refractivity contribution in [3.8, 4) is 0 Å². The maximum atomic E-state index is 12.0. The van der Waals surface area contributed by atoms with E-state index in [1.165, 1.54) is 0 Å². The summed E-state index contributed by atoms with van der Waals surface area (Å²) in [5.41, 5.74) is 0. The van der Waals surface area contributed by atoms with Gasteiger partial charge in [0, 0.05) is 31.5 Å². The first-order valence-corrected chi connectivity index (χ1v) is 8.17. The number of nitrogens with one attached hydrogen (secondary N) is 1. The summed E-state index contributed by atoms with van der Waals surface area (Å²) in [7, 11) is -3.83. The summed E-state index contributed by atoms with van der Waals surface area (Å²) in [5, 5.41) is 12.8. The molecule has 2 aromatic rings. The molecule has 0 aliphatic rings. The van der Waals surface area contributed by atoms with Gasteiger partial charge in [-0.1, -0.05) is 0 Å². The molecule has 0 spiro atoms. The number of aromatic carboxylic acids is 1. The molecule has 0 radical (unpaired) electrons. The van der Waals surface area contributed by atoms with E-state index in [2.05, 4.69) is 25.8 Å². The van der Waals surface area contributed by atoms with E-state index >= 15 is 0 Å². The molecule has 0 amide bonds. The van der Waals surface area contributed by atoms with Gasteiger partial charge in [0.15, 0.2) is 4.67 Å². The Balaban J connectivity index is 1.96. The number of hydrogen-bond acceptors (Lipinski definition) is 5. The summed E-state index contributed by atoms with van der Waals surface area (Å²) < 4.78 is 32.8. The molecule has 2 N–H and O–H groups in total. The zero-order valence-corrected chi connectivity index (χ0v) is 13.1. The van der Waals surface area contributed by atoms with Crippen LogP contribution in [0.25, 0.3) is 0 Å². The van der Waals surface area contributed by atoms with Crippen molar-refractivity contribution < 1.29 is 22.7 Å². The van der Waals surface area contributed by atoms with Gasteiger partial charge in [0.2, 0.25) is 15.8 Å². The lowest BCUT2D eigenvalue weighted by Gasteiger charge is -2.05. The molecule has 0 saturated heterocycles. The molecule has 0 saturated carbocycles. The Morgan fingerprint density at radius 3 is 2.86 bits per heavy atom. The van der Waals surface area contributed by atoms with Gasteiger partial charge in [-0.05, 0) is 28.4 Å². The number of aryl methyl sites for hydroxylation is 1. The lowest BCUT2D eigenvalue weighted by Crippen LogP contribution is -2.25. The van der Waals surface area contributed by atoms with Gasteiger partial charge in [0.05, 0.1) is 0 Å². The molecule has 0 atom stereocenters. The van der Waals surface area contributed by atoms with Crippen LogP contribution in [0, 0.1) is 0 Å². The normalized spacial score (nSPS) is 11.7. The average Bonchev–Trinajstić information content (AvgIpc) is 3.04. The molecule has 0 aliphatic heterocycles. The summed E-state index contributed by atoms with van der Waals surface area (Å²) in [6.45, 7) is 0.769. The number of nitrogens with zero attached hydrogens (tertiary/aromatic N) is 2. The third kappa shape index (κ3) is 3.93. The highest BCUT2D eigenvalue weighted by molar-refractivity contribution is 9.10. The van der Waals surface area contributed by atoms with E-state index in [1.54, 1.807) is 23.1 Å². The third-order valence-corrected chi connectivity index (χ3v) is 4.89. The zero-order valence-electron chi connectivity index (χ0n) is 10.7. The second kappa shape index (κ2) is 6.41. The van der Waals surface area contributed by atoms with Crippen molar-refractivity contribution in [1.82, 2.24) is 14.5 Å². The zero-order chi connectivity index (χ0) is 15.5. The molecule has 21 heavy (non-hydrogen) atoms. The standard InChI is InChI=1S/C11H12BrN3O5S/c12-10-9(7-8(20-10)11(16)17)21(18,19)14-4-2-6-15-5-1-3-13-15/h1,3,5,7,14H,2,4,6H2,(H,16,17). The van der Waals surface area contributed by atoms with Gasteiger partial charge in [-0.2, -0.15) is 5.10 Å². The largest absolute Gasteiger partial charge is 0.475 e. The Bertz CT molecular complexity index is 723. The molecule has 0 aromatic carbocycles. The van der Waals surface area contributed by atoms with Crippen molar-refractivity contribution in [2.24, 2.45) is 0 Å². The van der Waals surface area contributed by atoms with Gasteiger partial charge in [-0.3, -0.25) is 4.68 Å². The molecular formula is C11H12BrN3O5S. The number of carboxylic acids is 1. The second-order valence-corrected chi connectivity index (χ2v) is 6.53. The molecule has 0 aliphatic carbocycles. The number of carbonyl (C=O) groups is 1. The van der Waals surface area contributed by atoms with E-state index in [0.29, 0.717) is 13.0 Å². The first kappa shape index (κ1) is 15.7. The summed E-state index contributed by atoms with van der Waals surface area (Å²) in [4.78, 5) is 10.5. The van der Waals surface area contributed by atoms with Crippen molar-refractivity contribution in [2.45, 2.75) is 17.9 Å². The summed E-state index contributed by atoms with van der Waals surface area (Å²) in [5.74, 6) is -1.78. The molecule has 2 aromatic heterocycles. The lowest BCUT2D eigenvalue weighted by atomic mass is 10.4. The summed E-state index contributed by atoms with van der Waals surface area (Å²) in [6.07, 6.45) is 3.96. The fraction of sp³-hybridized carbons (Fsp3) is 0.273. The predicted molar refractivity (Wildman–Crippen MR) is 75.4 cm³/mol. The minimum atomic E-state index is -3.83. The van der Waals surface area contributed by atoms with Gasteiger partial charge in [-0.15, -0.1) is 0 Å². The third-order valence-electron chi connectivity index (χ3n) is 2.57. The highest BCUT2D eigenvalue weighted by Crippen LogP contribution is 2.25. The maximum Gasteiger partial charge on any atom is 0.371 e. The molecular weight excluding hydrogens is 366 g/mol. The van der Waals surface area contributed by atoms with Crippen LogP contribution in [-0.2, 0) is 16.6 Å². The van der Waals surface area contributed by atoms with E-state index in [-0.39, 0.29) is 16.1 Å². The minimum absolute atomic E-state index is 0.139. The highest BCUT2D eigenvalue weighted by Gasteiger charge is 2.24. The molecule has 0 fully saturated rings. The van der Waals surface area contributed by atoms with Crippen LogP contribution in [0.15, 0.2) is 38.5 Å². The molecule has 2 rings (SSSR count). The highest BCUT2D eigenvalue weighted by atomic mass is 79.9. The van der Waals surface area contributed by atoms with E-state index in [1.807, 2.05) is 0 Å². The van der Waals surface area contributed by atoms with Crippen LogP contribution in [0.5, 0.6) is 0 Å². The number of rotatable bonds is 7. The minimum Gasteiger partial charge on any atom is -0.475 e. The van der Waals surface area contributed by atoms with Crippen molar-refractivity contribution in [1.29, 1.82) is 0 Å². The maximum absolute atomic E-state index is 12.0. The predicted octanol–water partition coefficient (Wildman–Crippen LogP) is 1.31. The van der Waals surface area contributed by atoms with Crippen LogP contribution >= 0.6 is 15.9 Å². The van der Waals surface area contributed by atoms with Gasteiger partial charge < -0.3 is 9.52 Å². The number of aromatic nitrogens is 2. The molecule has 0 unspecified atom stereocenters. The second-order valence-electron chi connectivity index (χ2n) is 4.07. The smallest absolute Gasteiger partial charge is 0.371 e. The van der Waals surface area contributed by atoms with Gasteiger partial charge in [0.1, 0.15) is 4.90 Å². The van der Waals surface area contributed by atoms with Crippen LogP contribution in [0.2, 0.25) is 0 Å². The topological polar surface area (TPSA) is 114 Å². The molecule has 0 bridgehead atoms. The van der Waals surface area contributed by atoms with Crippen molar-refractivity contribution in [2.75, 3.05) is 6.54 Å². The SMILES string of the molecule is O=C(O)c1cc(S(=O)(=O)NCCCn2cccn2)c(Br)o1. The first-order chi connectivity index (χ1) is 9.90. The van der Waals surface area contributed by atoms with Gasteiger partial charge in [-0.25, -0.2) is 17.9 Å². The Kier molecular flexibility index (Phi) is 4.80. The Morgan fingerprint density at radius 1 is 1.52 bits per heavy atom. The van der Waals surface area contributed by atoms with Crippen LogP contribution in [0.1, 0.15) is 17.0 Å². The van der Waals surface area contributed by atoms with Crippen LogP contribution in [-0.4, -0.2) is 35.8 Å². The Morgan fingerprint density at radius 2 is 2.29 bits per heavy atom. The number of hydrogen-bond donors (Lipinski definition) is 2. The number of carboxylic acid groups (broad SMARTS) is 1. The lowest BCUT2D eigenvalue weighted by molar-refractivity contribution is 0.0661. The van der Waals surface area contributed by atoms with E-state index < -0.39 is 21.8 Å². The molecule has 8 nitrogen and oxygen atoms in total. The number of furan rings is 1. The number of sulfonamides is 1. The van der Waals surface area contributed by atoms with Crippen LogP contribution < -0.4 is 4.72 Å².